The van der Waals surface area contributed by atoms with E-state index in [4.69, 9.17) is 4.74 Å². The van der Waals surface area contributed by atoms with Gasteiger partial charge in [0.15, 0.2) is 0 Å². The van der Waals surface area contributed by atoms with Gasteiger partial charge in [-0.05, 0) is 42.7 Å². The van der Waals surface area contributed by atoms with E-state index in [1.54, 1.807) is 24.3 Å². The van der Waals surface area contributed by atoms with E-state index in [0.717, 1.165) is 5.56 Å². The third-order valence-electron chi connectivity index (χ3n) is 3.52. The minimum absolute atomic E-state index is 0.131. The van der Waals surface area contributed by atoms with Crippen LogP contribution < -0.4 is 4.74 Å². The fourth-order valence-corrected chi connectivity index (χ4v) is 2.30. The summed E-state index contributed by atoms with van der Waals surface area (Å²) in [4.78, 5) is 0. The highest BCUT2D eigenvalue weighted by atomic mass is 19.4. The largest absolute Gasteiger partial charge is 0.497 e. The van der Waals surface area contributed by atoms with Gasteiger partial charge in [-0.3, -0.25) is 0 Å². The fraction of sp³-hybridized carbons (Fsp3) is 0.222. The minimum atomic E-state index is -4.43. The molecule has 1 nitrogen and oxygen atoms in total. The molecule has 0 radical (unpaired) electrons. The van der Waals surface area contributed by atoms with Gasteiger partial charge in [-0.25, -0.2) is 0 Å². The summed E-state index contributed by atoms with van der Waals surface area (Å²) in [7, 11) is 1.48. The number of hydrogen-bond donors (Lipinski definition) is 0. The van der Waals surface area contributed by atoms with E-state index in [9.17, 15) is 13.2 Å². The SMILES string of the molecule is COc1ccc(/C(=C(\C)c2ccc(C)cc2)C(F)(F)F)cc1. The second-order valence-electron chi connectivity index (χ2n) is 5.09. The summed E-state index contributed by atoms with van der Waals surface area (Å²) in [5, 5.41) is 0. The Hall–Kier alpha value is -2.23. The molecular weight excluding hydrogens is 289 g/mol. The van der Waals surface area contributed by atoms with Crippen LogP contribution in [0.4, 0.5) is 13.2 Å². The van der Waals surface area contributed by atoms with E-state index in [2.05, 4.69) is 0 Å². The van der Waals surface area contributed by atoms with Crippen LogP contribution in [-0.2, 0) is 0 Å². The van der Waals surface area contributed by atoms with Crippen LogP contribution in [0, 0.1) is 6.92 Å². The van der Waals surface area contributed by atoms with Gasteiger partial charge in [-0.15, -0.1) is 0 Å². The van der Waals surface area contributed by atoms with Gasteiger partial charge in [-0.2, -0.15) is 13.2 Å². The summed E-state index contributed by atoms with van der Waals surface area (Å²) < 4.78 is 45.5. The number of aryl methyl sites for hydroxylation is 1. The van der Waals surface area contributed by atoms with E-state index in [0.29, 0.717) is 11.3 Å². The molecule has 0 saturated heterocycles. The molecule has 2 aromatic carbocycles. The van der Waals surface area contributed by atoms with E-state index in [1.165, 1.54) is 38.3 Å². The van der Waals surface area contributed by atoms with E-state index in [-0.39, 0.29) is 11.1 Å². The van der Waals surface area contributed by atoms with Gasteiger partial charge in [0.25, 0.3) is 0 Å². The molecule has 0 N–H and O–H groups in total. The molecule has 0 heterocycles. The van der Waals surface area contributed by atoms with E-state index >= 15 is 0 Å². The van der Waals surface area contributed by atoms with Gasteiger partial charge >= 0.3 is 6.18 Å². The molecule has 0 atom stereocenters. The van der Waals surface area contributed by atoms with Gasteiger partial charge in [0, 0.05) is 0 Å². The summed E-state index contributed by atoms with van der Waals surface area (Å²) in [5.41, 5.74) is 1.28. The molecule has 0 aromatic heterocycles. The molecule has 2 aromatic rings. The van der Waals surface area contributed by atoms with Crippen molar-refractivity contribution in [3.63, 3.8) is 0 Å². The van der Waals surface area contributed by atoms with Crippen LogP contribution in [-0.4, -0.2) is 13.3 Å². The van der Waals surface area contributed by atoms with E-state index in [1.807, 2.05) is 6.92 Å². The van der Waals surface area contributed by atoms with Gasteiger partial charge in [0.1, 0.15) is 5.75 Å². The van der Waals surface area contributed by atoms with Crippen molar-refractivity contribution in [2.75, 3.05) is 7.11 Å². The maximum atomic E-state index is 13.5. The van der Waals surface area contributed by atoms with Crippen molar-refractivity contribution in [1.82, 2.24) is 0 Å². The molecule has 4 heteroatoms. The van der Waals surface area contributed by atoms with Gasteiger partial charge in [0.2, 0.25) is 0 Å². The molecule has 22 heavy (non-hydrogen) atoms. The number of ether oxygens (including phenoxy) is 1. The second-order valence-corrected chi connectivity index (χ2v) is 5.09. The first-order valence-electron chi connectivity index (χ1n) is 6.82. The zero-order chi connectivity index (χ0) is 16.3. The number of benzene rings is 2. The van der Waals surface area contributed by atoms with Crippen molar-refractivity contribution in [2.45, 2.75) is 20.0 Å². The molecule has 0 spiro atoms. The molecule has 0 bridgehead atoms. The smallest absolute Gasteiger partial charge is 0.417 e. The summed E-state index contributed by atoms with van der Waals surface area (Å²) in [5.74, 6) is 0.526. The maximum absolute atomic E-state index is 13.5. The second kappa shape index (κ2) is 6.26. The lowest BCUT2D eigenvalue weighted by atomic mass is 9.95. The molecule has 0 fully saturated rings. The third kappa shape index (κ3) is 3.50. The number of allylic oxidation sites excluding steroid dienone is 2. The Morgan fingerprint density at radius 2 is 1.36 bits per heavy atom. The average molecular weight is 306 g/mol. The lowest BCUT2D eigenvalue weighted by Gasteiger charge is -2.17. The van der Waals surface area contributed by atoms with Crippen LogP contribution in [0.25, 0.3) is 11.1 Å². The lowest BCUT2D eigenvalue weighted by Crippen LogP contribution is -2.12. The number of alkyl halides is 3. The molecular formula is C18H17F3O. The predicted molar refractivity (Wildman–Crippen MR) is 82.7 cm³/mol. The van der Waals surface area contributed by atoms with Crippen molar-refractivity contribution >= 4 is 11.1 Å². The molecule has 2 rings (SSSR count). The van der Waals surface area contributed by atoms with Crippen LogP contribution in [0.3, 0.4) is 0 Å². The number of halogens is 3. The number of methoxy groups -OCH3 is 1. The van der Waals surface area contributed by atoms with Gasteiger partial charge in [-0.1, -0.05) is 42.0 Å². The molecule has 116 valence electrons. The topological polar surface area (TPSA) is 9.23 Å². The summed E-state index contributed by atoms with van der Waals surface area (Å²) in [6.07, 6.45) is -4.43. The summed E-state index contributed by atoms with van der Waals surface area (Å²) >= 11 is 0. The fourth-order valence-electron chi connectivity index (χ4n) is 2.30. The van der Waals surface area contributed by atoms with Crippen LogP contribution in [0.1, 0.15) is 23.6 Å². The first kappa shape index (κ1) is 16.1. The summed E-state index contributed by atoms with van der Waals surface area (Å²) in [6.45, 7) is 3.40. The number of hydrogen-bond acceptors (Lipinski definition) is 1. The zero-order valence-electron chi connectivity index (χ0n) is 12.7. The highest BCUT2D eigenvalue weighted by molar-refractivity contribution is 5.92. The Bertz CT molecular complexity index is 665. The maximum Gasteiger partial charge on any atom is 0.417 e. The van der Waals surface area contributed by atoms with E-state index < -0.39 is 11.7 Å². The van der Waals surface area contributed by atoms with Crippen molar-refractivity contribution < 1.29 is 17.9 Å². The quantitative estimate of drug-likeness (QED) is 0.681. The lowest BCUT2D eigenvalue weighted by molar-refractivity contribution is -0.0685. The van der Waals surface area contributed by atoms with Gasteiger partial charge < -0.3 is 4.74 Å². The predicted octanol–water partition coefficient (Wildman–Crippen LogP) is 5.50. The zero-order valence-corrected chi connectivity index (χ0v) is 12.7. The Morgan fingerprint density at radius 3 is 1.82 bits per heavy atom. The minimum Gasteiger partial charge on any atom is -0.497 e. The van der Waals surface area contributed by atoms with Crippen LogP contribution in [0.2, 0.25) is 0 Å². The molecule has 0 amide bonds. The van der Waals surface area contributed by atoms with Crippen molar-refractivity contribution in [1.29, 1.82) is 0 Å². The van der Waals surface area contributed by atoms with Crippen molar-refractivity contribution in [3.8, 4) is 5.75 Å². The monoisotopic (exact) mass is 306 g/mol. The van der Waals surface area contributed by atoms with Crippen molar-refractivity contribution in [2.24, 2.45) is 0 Å². The van der Waals surface area contributed by atoms with Crippen LogP contribution in [0.15, 0.2) is 48.5 Å². The van der Waals surface area contributed by atoms with Crippen molar-refractivity contribution in [3.05, 3.63) is 65.2 Å². The molecule has 0 unspecified atom stereocenters. The van der Waals surface area contributed by atoms with Crippen LogP contribution >= 0.6 is 0 Å². The van der Waals surface area contributed by atoms with Crippen LogP contribution in [0.5, 0.6) is 5.75 Å². The Balaban J connectivity index is 2.58. The van der Waals surface area contributed by atoms with Gasteiger partial charge in [0.05, 0.1) is 12.7 Å². The Morgan fingerprint density at radius 1 is 0.864 bits per heavy atom. The highest BCUT2D eigenvalue weighted by Crippen LogP contribution is 2.39. The molecule has 0 saturated carbocycles. The number of rotatable bonds is 3. The molecule has 0 aliphatic carbocycles. The summed E-state index contributed by atoms with van der Waals surface area (Å²) in [6, 6.07) is 13.0. The Kier molecular flexibility index (Phi) is 4.59. The normalized spacial score (nSPS) is 12.8. The Labute approximate surface area is 128 Å². The standard InChI is InChI=1S/C18H17F3O/c1-12-4-6-14(7-5-12)13(2)17(18(19,20)21)15-8-10-16(22-3)11-9-15/h4-11H,1-3H3/b17-13-. The first-order valence-corrected chi connectivity index (χ1v) is 6.82. The highest BCUT2D eigenvalue weighted by Gasteiger charge is 2.36. The first-order chi connectivity index (χ1) is 10.3. The molecule has 0 aliphatic heterocycles. The average Bonchev–Trinajstić information content (AvgIpc) is 2.47. The third-order valence-corrected chi connectivity index (χ3v) is 3.52. The molecule has 0 aliphatic rings.